The second-order valence-electron chi connectivity index (χ2n) is 7.44. The zero-order valence-corrected chi connectivity index (χ0v) is 13.5. The largest absolute Gasteiger partial charge is 0.325 e. The van der Waals surface area contributed by atoms with Gasteiger partial charge in [-0.3, -0.25) is 4.79 Å². The average Bonchev–Trinajstić information content (AvgIpc) is 2.94. The number of hydrogen-bond donors (Lipinski definition) is 1. The van der Waals surface area contributed by atoms with Crippen LogP contribution in [0.15, 0.2) is 30.4 Å². The van der Waals surface area contributed by atoms with E-state index in [4.69, 9.17) is 0 Å². The molecule has 0 saturated heterocycles. The van der Waals surface area contributed by atoms with Crippen LogP contribution in [0.25, 0.3) is 0 Å². The van der Waals surface area contributed by atoms with E-state index in [0.717, 1.165) is 41.6 Å². The summed E-state index contributed by atoms with van der Waals surface area (Å²) in [5.74, 6) is 0.756. The molecule has 0 aliphatic heterocycles. The van der Waals surface area contributed by atoms with Crippen LogP contribution in [0.3, 0.4) is 0 Å². The minimum Gasteiger partial charge on any atom is -0.325 e. The van der Waals surface area contributed by atoms with Crippen molar-refractivity contribution in [3.8, 4) is 0 Å². The van der Waals surface area contributed by atoms with Crippen molar-refractivity contribution < 1.29 is 4.79 Å². The quantitative estimate of drug-likeness (QED) is 0.788. The van der Waals surface area contributed by atoms with E-state index in [1.54, 1.807) is 0 Å². The summed E-state index contributed by atoms with van der Waals surface area (Å²) < 4.78 is 0. The van der Waals surface area contributed by atoms with E-state index < -0.39 is 0 Å². The molecule has 1 aromatic rings. The highest BCUT2D eigenvalue weighted by molar-refractivity contribution is 5.99. The fourth-order valence-electron chi connectivity index (χ4n) is 4.39. The monoisotopic (exact) mass is 283 g/mol. The topological polar surface area (TPSA) is 29.1 Å². The highest BCUT2D eigenvalue weighted by Crippen LogP contribution is 2.65. The summed E-state index contributed by atoms with van der Waals surface area (Å²) in [6, 6.07) is 6.12. The standard InChI is InChI=1S/C19H25NO/c1-12-7-6-8-13(2)16(12)20-17(21)19-10-9-15(11-19)18(4,5)14(19)3/h6-8,15H,3,9-11H2,1-2,4-5H3,(H,20,21)/t15-,19+/m0/s1. The molecule has 2 saturated carbocycles. The molecule has 2 atom stereocenters. The molecule has 2 aliphatic carbocycles. The molecule has 112 valence electrons. The average molecular weight is 283 g/mol. The number of benzene rings is 1. The molecule has 1 amide bonds. The predicted molar refractivity (Wildman–Crippen MR) is 87.2 cm³/mol. The summed E-state index contributed by atoms with van der Waals surface area (Å²) in [5.41, 5.74) is 4.10. The van der Waals surface area contributed by atoms with Crippen molar-refractivity contribution in [1.29, 1.82) is 0 Å². The van der Waals surface area contributed by atoms with Gasteiger partial charge in [-0.05, 0) is 55.6 Å². The van der Waals surface area contributed by atoms with Gasteiger partial charge in [-0.2, -0.15) is 0 Å². The number of fused-ring (bicyclic) bond motifs is 2. The Balaban J connectivity index is 1.92. The van der Waals surface area contributed by atoms with Crippen molar-refractivity contribution in [3.63, 3.8) is 0 Å². The summed E-state index contributed by atoms with van der Waals surface area (Å²) in [5, 5.41) is 3.21. The highest BCUT2D eigenvalue weighted by Gasteiger charge is 2.60. The van der Waals surface area contributed by atoms with E-state index in [2.05, 4.69) is 25.7 Å². The smallest absolute Gasteiger partial charge is 0.234 e. The molecule has 3 rings (SSSR count). The first-order valence-corrected chi connectivity index (χ1v) is 7.86. The maximum Gasteiger partial charge on any atom is 0.234 e. The van der Waals surface area contributed by atoms with Crippen LogP contribution in [-0.2, 0) is 4.79 Å². The Morgan fingerprint density at radius 2 is 1.90 bits per heavy atom. The molecular weight excluding hydrogens is 258 g/mol. The van der Waals surface area contributed by atoms with Crippen LogP contribution in [0.1, 0.15) is 44.2 Å². The number of para-hydroxylation sites is 1. The second-order valence-corrected chi connectivity index (χ2v) is 7.44. The fourth-order valence-corrected chi connectivity index (χ4v) is 4.39. The van der Waals surface area contributed by atoms with Gasteiger partial charge in [0.25, 0.3) is 0 Å². The molecule has 0 aromatic heterocycles. The Morgan fingerprint density at radius 3 is 2.43 bits per heavy atom. The van der Waals surface area contributed by atoms with Gasteiger partial charge in [0.05, 0.1) is 5.41 Å². The number of anilines is 1. The fraction of sp³-hybridized carbons (Fsp3) is 0.526. The number of carbonyl (C=O) groups excluding carboxylic acids is 1. The van der Waals surface area contributed by atoms with Crippen molar-refractivity contribution in [3.05, 3.63) is 41.5 Å². The zero-order valence-electron chi connectivity index (χ0n) is 13.5. The predicted octanol–water partition coefficient (Wildman–Crippen LogP) is 4.62. The number of nitrogens with one attached hydrogen (secondary N) is 1. The van der Waals surface area contributed by atoms with Crippen molar-refractivity contribution in [2.75, 3.05) is 5.32 Å². The van der Waals surface area contributed by atoms with E-state index >= 15 is 0 Å². The molecule has 0 spiro atoms. The molecule has 0 radical (unpaired) electrons. The van der Waals surface area contributed by atoms with E-state index in [0.29, 0.717) is 5.92 Å². The van der Waals surface area contributed by atoms with Gasteiger partial charge in [-0.25, -0.2) is 0 Å². The molecular formula is C19H25NO. The lowest BCUT2D eigenvalue weighted by Gasteiger charge is -2.37. The van der Waals surface area contributed by atoms with Crippen molar-refractivity contribution >= 4 is 11.6 Å². The number of aryl methyl sites for hydroxylation is 2. The Kier molecular flexibility index (Phi) is 3.05. The summed E-state index contributed by atoms with van der Waals surface area (Å²) in [4.78, 5) is 13.0. The number of carbonyl (C=O) groups is 1. The third-order valence-electron chi connectivity index (χ3n) is 6.04. The lowest BCUT2D eigenvalue weighted by atomic mass is 9.68. The molecule has 2 aliphatic rings. The van der Waals surface area contributed by atoms with Gasteiger partial charge in [-0.15, -0.1) is 0 Å². The Bertz CT molecular complexity index is 608. The van der Waals surface area contributed by atoms with Crippen LogP contribution in [-0.4, -0.2) is 5.91 Å². The third-order valence-corrected chi connectivity index (χ3v) is 6.04. The van der Waals surface area contributed by atoms with Crippen LogP contribution in [0.4, 0.5) is 5.69 Å². The molecule has 21 heavy (non-hydrogen) atoms. The van der Waals surface area contributed by atoms with Crippen LogP contribution < -0.4 is 5.32 Å². The second kappa shape index (κ2) is 4.46. The number of rotatable bonds is 2. The molecule has 0 heterocycles. The Hall–Kier alpha value is -1.57. The Morgan fingerprint density at radius 1 is 1.29 bits per heavy atom. The van der Waals surface area contributed by atoms with Crippen LogP contribution in [0, 0.1) is 30.6 Å². The minimum absolute atomic E-state index is 0.0936. The summed E-state index contributed by atoms with van der Waals surface area (Å²) in [6.45, 7) is 12.9. The summed E-state index contributed by atoms with van der Waals surface area (Å²) in [6.07, 6.45) is 3.07. The first-order valence-electron chi connectivity index (χ1n) is 7.86. The van der Waals surface area contributed by atoms with E-state index in [1.807, 2.05) is 32.0 Å². The lowest BCUT2D eigenvalue weighted by Crippen LogP contribution is -2.37. The minimum atomic E-state index is -0.344. The molecule has 1 N–H and O–H groups in total. The lowest BCUT2D eigenvalue weighted by molar-refractivity contribution is -0.123. The molecule has 2 bridgehead atoms. The van der Waals surface area contributed by atoms with E-state index in [9.17, 15) is 4.79 Å². The van der Waals surface area contributed by atoms with Gasteiger partial charge in [0.1, 0.15) is 0 Å². The van der Waals surface area contributed by atoms with Gasteiger partial charge >= 0.3 is 0 Å². The molecule has 0 unspecified atom stereocenters. The molecule has 2 heteroatoms. The zero-order chi connectivity index (χ0) is 15.4. The third kappa shape index (κ3) is 1.88. The van der Waals surface area contributed by atoms with Crippen LogP contribution >= 0.6 is 0 Å². The van der Waals surface area contributed by atoms with E-state index in [-0.39, 0.29) is 16.7 Å². The molecule has 2 fully saturated rings. The van der Waals surface area contributed by atoms with Crippen LogP contribution in [0.5, 0.6) is 0 Å². The normalized spacial score (nSPS) is 29.7. The Labute approximate surface area is 127 Å². The SMILES string of the molecule is C=C1C(C)(C)[C@H]2CC[C@@]1(C(=O)Nc1c(C)cccc1C)C2. The maximum atomic E-state index is 13.0. The van der Waals surface area contributed by atoms with Crippen molar-refractivity contribution in [2.45, 2.75) is 47.0 Å². The first kappa shape index (κ1) is 14.4. The van der Waals surface area contributed by atoms with Crippen molar-refractivity contribution in [2.24, 2.45) is 16.7 Å². The van der Waals surface area contributed by atoms with Gasteiger partial charge in [0.2, 0.25) is 5.91 Å². The van der Waals surface area contributed by atoms with Crippen LogP contribution in [0.2, 0.25) is 0 Å². The van der Waals surface area contributed by atoms with Gasteiger partial charge in [0.15, 0.2) is 0 Å². The van der Waals surface area contributed by atoms with Crippen molar-refractivity contribution in [1.82, 2.24) is 0 Å². The maximum absolute atomic E-state index is 13.0. The molecule has 1 aromatic carbocycles. The summed E-state index contributed by atoms with van der Waals surface area (Å²) in [7, 11) is 0. The van der Waals surface area contributed by atoms with E-state index in [1.165, 1.54) is 0 Å². The van der Waals surface area contributed by atoms with Gasteiger partial charge in [-0.1, -0.05) is 44.2 Å². The number of amides is 1. The number of hydrogen-bond acceptors (Lipinski definition) is 1. The summed E-state index contributed by atoms with van der Waals surface area (Å²) >= 11 is 0. The first-order chi connectivity index (χ1) is 9.79. The highest BCUT2D eigenvalue weighted by atomic mass is 16.2. The van der Waals surface area contributed by atoms with Gasteiger partial charge < -0.3 is 5.32 Å². The van der Waals surface area contributed by atoms with Gasteiger partial charge in [0, 0.05) is 5.69 Å². The molecule has 2 nitrogen and oxygen atoms in total.